The molecule has 3 aliphatic rings. The van der Waals surface area contributed by atoms with Crippen molar-refractivity contribution in [1.29, 1.82) is 0 Å². The van der Waals surface area contributed by atoms with Gasteiger partial charge in [-0.25, -0.2) is 4.68 Å². The van der Waals surface area contributed by atoms with Gasteiger partial charge in [0.2, 0.25) is 5.91 Å². The van der Waals surface area contributed by atoms with Crippen molar-refractivity contribution in [3.05, 3.63) is 101 Å². The molecule has 3 aliphatic heterocycles. The van der Waals surface area contributed by atoms with Crippen LogP contribution in [0.25, 0.3) is 5.69 Å². The molecule has 7 rings (SSSR count). The van der Waals surface area contributed by atoms with Crippen molar-refractivity contribution in [3.8, 4) is 17.2 Å². The molecular formula is C35H35F3N6O5. The molecule has 3 aromatic carbocycles. The summed E-state index contributed by atoms with van der Waals surface area (Å²) in [7, 11) is 1.58. The highest BCUT2D eigenvalue weighted by atomic mass is 19.4. The SMILES string of the molecule is COc1ccc(-n2cc(CO[C@@H]3C[C@H]4C(=O)N5CCN(Cc6ccccc6)C[C@H]5COc5ccc(C(F)(F)F)cc5C(=O)N4C3)nn2)cc1. The molecule has 3 atom stereocenters. The normalized spacial score (nSPS) is 21.5. The maximum absolute atomic E-state index is 14.2. The number of aromatic nitrogens is 3. The number of carbonyl (C=O) groups is 2. The van der Waals surface area contributed by atoms with Gasteiger partial charge >= 0.3 is 6.18 Å². The van der Waals surface area contributed by atoms with Gasteiger partial charge in [-0.15, -0.1) is 5.10 Å². The van der Waals surface area contributed by atoms with E-state index in [0.717, 1.165) is 23.4 Å². The van der Waals surface area contributed by atoms with E-state index >= 15 is 0 Å². The van der Waals surface area contributed by atoms with E-state index in [1.165, 1.54) is 11.0 Å². The van der Waals surface area contributed by atoms with Crippen LogP contribution in [0.3, 0.4) is 0 Å². The van der Waals surface area contributed by atoms with Crippen molar-refractivity contribution in [2.24, 2.45) is 0 Å². The van der Waals surface area contributed by atoms with Crippen molar-refractivity contribution in [1.82, 2.24) is 29.7 Å². The molecule has 0 bridgehead atoms. The van der Waals surface area contributed by atoms with Gasteiger partial charge in [0.1, 0.15) is 29.8 Å². The van der Waals surface area contributed by atoms with E-state index in [1.54, 1.807) is 35.0 Å². The largest absolute Gasteiger partial charge is 0.497 e. The Labute approximate surface area is 280 Å². The number of ether oxygens (including phenoxy) is 3. The minimum atomic E-state index is -4.67. The summed E-state index contributed by atoms with van der Waals surface area (Å²) in [5.41, 5.74) is 1.23. The van der Waals surface area contributed by atoms with Gasteiger partial charge in [0.15, 0.2) is 0 Å². The third-order valence-corrected chi connectivity index (χ3v) is 9.22. The van der Waals surface area contributed by atoms with Crippen LogP contribution in [0.4, 0.5) is 13.2 Å². The third-order valence-electron chi connectivity index (χ3n) is 9.22. The molecule has 0 N–H and O–H groups in total. The van der Waals surface area contributed by atoms with Crippen LogP contribution in [0.15, 0.2) is 79.0 Å². The van der Waals surface area contributed by atoms with Crippen molar-refractivity contribution in [2.75, 3.05) is 39.9 Å². The highest BCUT2D eigenvalue weighted by Crippen LogP contribution is 2.36. The van der Waals surface area contributed by atoms with Gasteiger partial charge in [-0.1, -0.05) is 35.5 Å². The van der Waals surface area contributed by atoms with Crippen LogP contribution in [-0.2, 0) is 28.9 Å². The number of benzene rings is 3. The van der Waals surface area contributed by atoms with Gasteiger partial charge in [0.05, 0.1) is 48.9 Å². The fourth-order valence-electron chi connectivity index (χ4n) is 6.67. The average molecular weight is 677 g/mol. The fourth-order valence-corrected chi connectivity index (χ4v) is 6.67. The molecular weight excluding hydrogens is 641 g/mol. The first-order chi connectivity index (χ1) is 23.7. The van der Waals surface area contributed by atoms with Crippen LogP contribution in [0.2, 0.25) is 0 Å². The molecule has 14 heteroatoms. The second-order valence-electron chi connectivity index (χ2n) is 12.4. The van der Waals surface area contributed by atoms with Gasteiger partial charge in [-0.2, -0.15) is 13.2 Å². The Bertz CT molecular complexity index is 1800. The number of nitrogens with zero attached hydrogens (tertiary/aromatic N) is 6. The Morgan fingerprint density at radius 2 is 1.76 bits per heavy atom. The van der Waals surface area contributed by atoms with Crippen LogP contribution in [0.1, 0.15) is 33.6 Å². The lowest BCUT2D eigenvalue weighted by Crippen LogP contribution is -2.61. The fraction of sp³-hybridized carbons (Fsp3) is 0.371. The predicted octanol–water partition coefficient (Wildman–Crippen LogP) is 4.20. The molecule has 2 amide bonds. The Morgan fingerprint density at radius 1 is 0.959 bits per heavy atom. The summed E-state index contributed by atoms with van der Waals surface area (Å²) in [6.45, 7) is 2.31. The predicted molar refractivity (Wildman–Crippen MR) is 170 cm³/mol. The Hall–Kier alpha value is -4.95. The third kappa shape index (κ3) is 6.97. The molecule has 0 spiro atoms. The molecule has 49 heavy (non-hydrogen) atoms. The lowest BCUT2D eigenvalue weighted by molar-refractivity contribution is -0.142. The zero-order valence-corrected chi connectivity index (χ0v) is 26.8. The highest BCUT2D eigenvalue weighted by Gasteiger charge is 2.46. The Morgan fingerprint density at radius 3 is 2.51 bits per heavy atom. The molecule has 11 nitrogen and oxygen atoms in total. The van der Waals surface area contributed by atoms with Crippen LogP contribution < -0.4 is 9.47 Å². The summed E-state index contributed by atoms with van der Waals surface area (Å²) in [5, 5.41) is 8.37. The monoisotopic (exact) mass is 676 g/mol. The van der Waals surface area contributed by atoms with Crippen LogP contribution in [0, 0.1) is 0 Å². The van der Waals surface area contributed by atoms with Crippen LogP contribution >= 0.6 is 0 Å². The first-order valence-corrected chi connectivity index (χ1v) is 16.1. The number of rotatable bonds is 7. The van der Waals surface area contributed by atoms with E-state index < -0.39 is 29.8 Å². The molecule has 0 saturated carbocycles. The maximum atomic E-state index is 14.2. The summed E-state index contributed by atoms with van der Waals surface area (Å²) in [4.78, 5) is 33.6. The molecule has 1 aromatic heterocycles. The van der Waals surface area contributed by atoms with E-state index in [4.69, 9.17) is 14.2 Å². The molecule has 0 aliphatic carbocycles. The molecule has 256 valence electrons. The zero-order chi connectivity index (χ0) is 34.1. The number of piperazine rings is 1. The van der Waals surface area contributed by atoms with E-state index in [2.05, 4.69) is 15.2 Å². The number of amides is 2. The highest BCUT2D eigenvalue weighted by molar-refractivity contribution is 6.00. The number of carbonyl (C=O) groups excluding carboxylic acids is 2. The standard InChI is InChI=1S/C35H35F3N6O5/c1-47-28-10-8-26(9-11-28)44-18-25(39-40-44)21-48-29-16-31-34(46)42-14-13-41(17-23-5-3-2-4-6-23)19-27(42)22-49-32-12-7-24(35(36,37)38)15-30(32)33(45)43(31)20-29/h2-12,15,18,27,29,31H,13-14,16-17,19-22H2,1H3/t27-,29+,31-/m0/s1. The van der Waals surface area contributed by atoms with Gasteiger partial charge in [-0.3, -0.25) is 14.5 Å². The van der Waals surface area contributed by atoms with Crippen molar-refractivity contribution in [2.45, 2.75) is 43.9 Å². The number of methoxy groups -OCH3 is 1. The summed E-state index contributed by atoms with van der Waals surface area (Å²) in [5.74, 6) is -0.229. The quantitative estimate of drug-likeness (QED) is 0.287. The first-order valence-electron chi connectivity index (χ1n) is 16.1. The smallest absolute Gasteiger partial charge is 0.416 e. The van der Waals surface area contributed by atoms with Crippen molar-refractivity contribution in [3.63, 3.8) is 0 Å². The molecule has 0 unspecified atom stereocenters. The van der Waals surface area contributed by atoms with Crippen molar-refractivity contribution < 1.29 is 37.0 Å². The summed E-state index contributed by atoms with van der Waals surface area (Å²) in [6.07, 6.45) is -3.34. The molecule has 2 fully saturated rings. The summed E-state index contributed by atoms with van der Waals surface area (Å²) >= 11 is 0. The van der Waals surface area contributed by atoms with Gasteiger partial charge in [0, 0.05) is 39.1 Å². The minimum Gasteiger partial charge on any atom is -0.497 e. The van der Waals surface area contributed by atoms with E-state index in [0.29, 0.717) is 37.6 Å². The summed E-state index contributed by atoms with van der Waals surface area (Å²) in [6, 6.07) is 18.9. The second kappa shape index (κ2) is 13.5. The second-order valence-corrected chi connectivity index (χ2v) is 12.4. The maximum Gasteiger partial charge on any atom is 0.416 e. The van der Waals surface area contributed by atoms with E-state index in [-0.39, 0.29) is 49.4 Å². The molecule has 4 aromatic rings. The zero-order valence-electron chi connectivity index (χ0n) is 26.8. The number of hydrogen-bond donors (Lipinski definition) is 0. The number of alkyl halides is 3. The average Bonchev–Trinajstić information content (AvgIpc) is 3.77. The lowest BCUT2D eigenvalue weighted by atomic mass is 10.0. The Kier molecular flexibility index (Phi) is 8.99. The number of hydrogen-bond acceptors (Lipinski definition) is 8. The van der Waals surface area contributed by atoms with Gasteiger partial charge in [-0.05, 0) is 48.0 Å². The summed E-state index contributed by atoms with van der Waals surface area (Å²) < 4.78 is 60.4. The van der Waals surface area contributed by atoms with Gasteiger partial charge in [0.25, 0.3) is 5.91 Å². The number of halogens is 3. The van der Waals surface area contributed by atoms with E-state index in [9.17, 15) is 22.8 Å². The topological polar surface area (TPSA) is 102 Å². The van der Waals surface area contributed by atoms with Crippen LogP contribution in [-0.4, -0.2) is 99.6 Å². The molecule has 0 radical (unpaired) electrons. The molecule has 2 saturated heterocycles. The van der Waals surface area contributed by atoms with E-state index in [1.807, 2.05) is 42.5 Å². The first kappa shape index (κ1) is 32.6. The van der Waals surface area contributed by atoms with Crippen molar-refractivity contribution >= 4 is 11.8 Å². The Balaban J connectivity index is 1.13. The lowest BCUT2D eigenvalue weighted by Gasteiger charge is -2.43. The molecule has 4 heterocycles. The van der Waals surface area contributed by atoms with Crippen LogP contribution in [0.5, 0.6) is 11.5 Å². The van der Waals surface area contributed by atoms with Gasteiger partial charge < -0.3 is 24.0 Å². The number of fused-ring (bicyclic) bond motifs is 3. The minimum absolute atomic E-state index is 0.0101.